The first-order valence-corrected chi connectivity index (χ1v) is 12.6. The fourth-order valence-corrected chi connectivity index (χ4v) is 5.02. The lowest BCUT2D eigenvalue weighted by Crippen LogP contribution is -2.48. The summed E-state index contributed by atoms with van der Waals surface area (Å²) in [6.45, 7) is 4.93. The number of amides is 1. The molecule has 0 saturated carbocycles. The lowest BCUT2D eigenvalue weighted by Gasteiger charge is -2.34. The van der Waals surface area contributed by atoms with Crippen LogP contribution in [0.25, 0.3) is 10.9 Å². The van der Waals surface area contributed by atoms with Gasteiger partial charge in [-0.2, -0.15) is 0 Å². The summed E-state index contributed by atoms with van der Waals surface area (Å²) in [6.07, 6.45) is 3.05. The number of hydrogen-bond donors (Lipinski definition) is 1. The van der Waals surface area contributed by atoms with E-state index >= 15 is 0 Å². The fraction of sp³-hybridized carbons (Fsp3) is 0.423. The summed E-state index contributed by atoms with van der Waals surface area (Å²) in [5.74, 6) is 1.83. The topological polar surface area (TPSA) is 79.8 Å². The quantitative estimate of drug-likeness (QED) is 0.380. The van der Waals surface area contributed by atoms with Crippen LogP contribution in [0.4, 0.5) is 0 Å². The van der Waals surface area contributed by atoms with Gasteiger partial charge in [0, 0.05) is 45.7 Å². The van der Waals surface area contributed by atoms with Crippen molar-refractivity contribution in [3.8, 4) is 11.5 Å². The van der Waals surface area contributed by atoms with Crippen molar-refractivity contribution in [2.24, 2.45) is 0 Å². The molecule has 0 radical (unpaired) electrons. The van der Waals surface area contributed by atoms with Gasteiger partial charge >= 0.3 is 0 Å². The summed E-state index contributed by atoms with van der Waals surface area (Å²) in [7, 11) is 0. The van der Waals surface area contributed by atoms with Crippen LogP contribution in [0.15, 0.2) is 47.3 Å². The van der Waals surface area contributed by atoms with Gasteiger partial charge in [0.1, 0.15) is 0 Å². The van der Waals surface area contributed by atoms with Crippen LogP contribution in [0.1, 0.15) is 31.2 Å². The van der Waals surface area contributed by atoms with E-state index in [0.29, 0.717) is 23.1 Å². The number of H-pyrrole nitrogens is 1. The van der Waals surface area contributed by atoms with Crippen molar-refractivity contribution in [1.82, 2.24) is 19.4 Å². The molecule has 8 nitrogen and oxygen atoms in total. The van der Waals surface area contributed by atoms with Crippen molar-refractivity contribution >= 4 is 29.0 Å². The molecule has 1 amide bonds. The molecule has 3 heterocycles. The number of nitrogens with one attached hydrogen (secondary N) is 1. The second-order valence-corrected chi connectivity index (χ2v) is 9.47. The van der Waals surface area contributed by atoms with E-state index in [4.69, 9.17) is 21.7 Å². The van der Waals surface area contributed by atoms with Gasteiger partial charge in [-0.05, 0) is 54.9 Å². The number of aromatic amines is 1. The first-order valence-electron chi connectivity index (χ1n) is 12.2. The maximum Gasteiger partial charge on any atom is 0.262 e. The molecule has 0 bridgehead atoms. The minimum absolute atomic E-state index is 0.0564. The van der Waals surface area contributed by atoms with Crippen LogP contribution >= 0.6 is 12.2 Å². The first-order chi connectivity index (χ1) is 17.1. The maximum absolute atomic E-state index is 12.7. The van der Waals surface area contributed by atoms with Gasteiger partial charge in [-0.1, -0.05) is 24.6 Å². The number of benzene rings is 2. The summed E-state index contributed by atoms with van der Waals surface area (Å²) in [4.78, 5) is 32.9. The molecule has 1 saturated heterocycles. The average molecular weight is 495 g/mol. The van der Waals surface area contributed by atoms with Gasteiger partial charge in [-0.15, -0.1) is 0 Å². The monoisotopic (exact) mass is 494 g/mol. The number of fused-ring (bicyclic) bond motifs is 2. The molecule has 2 aromatic carbocycles. The van der Waals surface area contributed by atoms with Crippen molar-refractivity contribution in [3.05, 3.63) is 63.2 Å². The molecule has 2 aliphatic rings. The molecule has 0 unspecified atom stereocenters. The van der Waals surface area contributed by atoms with E-state index in [1.54, 1.807) is 4.57 Å². The first kappa shape index (κ1) is 23.6. The summed E-state index contributed by atoms with van der Waals surface area (Å²) in [5.41, 5.74) is 1.90. The highest BCUT2D eigenvalue weighted by atomic mass is 32.1. The largest absolute Gasteiger partial charge is 0.454 e. The number of ether oxygens (including phenoxy) is 2. The fourth-order valence-electron chi connectivity index (χ4n) is 4.74. The zero-order valence-electron chi connectivity index (χ0n) is 19.7. The van der Waals surface area contributed by atoms with Crippen LogP contribution in [-0.2, 0) is 17.9 Å². The second kappa shape index (κ2) is 10.6. The second-order valence-electron chi connectivity index (χ2n) is 9.09. The van der Waals surface area contributed by atoms with E-state index in [2.05, 4.69) is 16.0 Å². The predicted octanol–water partition coefficient (Wildman–Crippen LogP) is 3.69. The van der Waals surface area contributed by atoms with Gasteiger partial charge in [0.05, 0.1) is 10.9 Å². The molecule has 3 aromatic rings. The van der Waals surface area contributed by atoms with Gasteiger partial charge in [-0.25, -0.2) is 0 Å². The number of rotatable bonds is 8. The molecular weight excluding hydrogens is 464 g/mol. The zero-order chi connectivity index (χ0) is 24.2. The Kier molecular flexibility index (Phi) is 7.15. The normalized spacial score (nSPS) is 15.6. The number of nitrogens with zero attached hydrogens (tertiary/aromatic N) is 3. The lowest BCUT2D eigenvalue weighted by atomic mass is 10.1. The van der Waals surface area contributed by atoms with E-state index < -0.39 is 0 Å². The highest BCUT2D eigenvalue weighted by molar-refractivity contribution is 7.71. The minimum Gasteiger partial charge on any atom is -0.454 e. The summed E-state index contributed by atoms with van der Waals surface area (Å²) >= 11 is 5.37. The number of para-hydroxylation sites is 1. The van der Waals surface area contributed by atoms with Crippen molar-refractivity contribution in [1.29, 1.82) is 0 Å². The van der Waals surface area contributed by atoms with E-state index in [0.717, 1.165) is 69.0 Å². The molecule has 35 heavy (non-hydrogen) atoms. The summed E-state index contributed by atoms with van der Waals surface area (Å²) < 4.78 is 12.9. The molecule has 1 aromatic heterocycles. The Bertz CT molecular complexity index is 1330. The highest BCUT2D eigenvalue weighted by Gasteiger charge is 2.21. The molecule has 184 valence electrons. The van der Waals surface area contributed by atoms with E-state index in [1.165, 1.54) is 5.56 Å². The van der Waals surface area contributed by atoms with E-state index in [9.17, 15) is 9.59 Å². The van der Waals surface area contributed by atoms with Crippen molar-refractivity contribution in [2.75, 3.05) is 33.0 Å². The Morgan fingerprint density at radius 3 is 2.63 bits per heavy atom. The Morgan fingerprint density at radius 2 is 1.77 bits per heavy atom. The van der Waals surface area contributed by atoms with Gasteiger partial charge < -0.3 is 19.4 Å². The standard InChI is InChI=1S/C26H30N4O4S/c31-24(8-2-1-5-11-30-25(32)20-6-3-4-7-21(20)27-26(30)35)29-14-12-28(13-15-29)17-19-9-10-22-23(16-19)34-18-33-22/h3-4,6-7,9-10,16H,1-2,5,8,11-15,17-18H2,(H,27,35). The predicted molar refractivity (Wildman–Crippen MR) is 136 cm³/mol. The summed E-state index contributed by atoms with van der Waals surface area (Å²) in [5, 5.41) is 0.647. The number of carbonyl (C=O) groups excluding carboxylic acids is 1. The smallest absolute Gasteiger partial charge is 0.262 e. The Balaban J connectivity index is 1.03. The molecule has 1 N–H and O–H groups in total. The summed E-state index contributed by atoms with van der Waals surface area (Å²) in [6, 6.07) is 13.5. The zero-order valence-corrected chi connectivity index (χ0v) is 20.5. The Morgan fingerprint density at radius 1 is 0.971 bits per heavy atom. The van der Waals surface area contributed by atoms with Crippen molar-refractivity contribution in [2.45, 2.75) is 38.8 Å². The van der Waals surface area contributed by atoms with Crippen LogP contribution in [0.5, 0.6) is 11.5 Å². The van der Waals surface area contributed by atoms with Gasteiger partial charge in [0.2, 0.25) is 12.7 Å². The molecule has 2 aliphatic heterocycles. The highest BCUT2D eigenvalue weighted by Crippen LogP contribution is 2.32. The minimum atomic E-state index is -0.0564. The van der Waals surface area contributed by atoms with Crippen LogP contribution in [0, 0.1) is 4.77 Å². The number of aromatic nitrogens is 2. The van der Waals surface area contributed by atoms with Crippen LogP contribution in [0.2, 0.25) is 0 Å². The number of piperazine rings is 1. The SMILES string of the molecule is O=C(CCCCCn1c(=S)[nH]c2ccccc2c1=O)N1CCN(Cc2ccc3c(c2)OCO3)CC1. The van der Waals surface area contributed by atoms with Crippen LogP contribution in [0.3, 0.4) is 0 Å². The van der Waals surface area contributed by atoms with Crippen molar-refractivity contribution < 1.29 is 14.3 Å². The number of hydrogen-bond acceptors (Lipinski definition) is 6. The molecular formula is C26H30N4O4S. The van der Waals surface area contributed by atoms with E-state index in [1.807, 2.05) is 41.3 Å². The van der Waals surface area contributed by atoms with Crippen molar-refractivity contribution in [3.63, 3.8) is 0 Å². The third-order valence-corrected chi connectivity index (χ3v) is 7.05. The Labute approximate surface area is 209 Å². The van der Waals surface area contributed by atoms with Crippen LogP contribution in [-0.4, -0.2) is 58.2 Å². The third-order valence-electron chi connectivity index (χ3n) is 6.73. The number of unbranched alkanes of at least 4 members (excludes halogenated alkanes) is 2. The van der Waals surface area contributed by atoms with E-state index in [-0.39, 0.29) is 18.3 Å². The van der Waals surface area contributed by atoms with Gasteiger partial charge in [0.25, 0.3) is 5.56 Å². The molecule has 0 spiro atoms. The van der Waals surface area contributed by atoms with Gasteiger partial charge in [0.15, 0.2) is 16.3 Å². The van der Waals surface area contributed by atoms with Crippen LogP contribution < -0.4 is 15.0 Å². The molecule has 5 rings (SSSR count). The third kappa shape index (κ3) is 5.41. The maximum atomic E-state index is 12.7. The Hall–Kier alpha value is -3.17. The average Bonchev–Trinajstić information content (AvgIpc) is 3.34. The lowest BCUT2D eigenvalue weighted by molar-refractivity contribution is -0.133. The molecule has 1 fully saturated rings. The molecule has 0 aliphatic carbocycles. The molecule has 0 atom stereocenters. The number of carbonyl (C=O) groups is 1. The van der Waals surface area contributed by atoms with Gasteiger partial charge in [-0.3, -0.25) is 19.1 Å². The molecule has 9 heteroatoms.